The van der Waals surface area contributed by atoms with Gasteiger partial charge in [0.2, 0.25) is 5.91 Å². The summed E-state index contributed by atoms with van der Waals surface area (Å²) >= 11 is 3.35. The molecule has 1 aromatic rings. The van der Waals surface area contributed by atoms with Crippen LogP contribution in [-0.4, -0.2) is 30.1 Å². The zero-order chi connectivity index (χ0) is 13.4. The summed E-state index contributed by atoms with van der Waals surface area (Å²) in [5.74, 6) is 0.0260. The molecule has 0 fully saturated rings. The lowest BCUT2D eigenvalue weighted by Crippen LogP contribution is -2.24. The van der Waals surface area contributed by atoms with Crippen LogP contribution in [0, 0.1) is 0 Å². The Morgan fingerprint density at radius 3 is 2.83 bits per heavy atom. The van der Waals surface area contributed by atoms with Crippen LogP contribution in [0.15, 0.2) is 22.8 Å². The van der Waals surface area contributed by atoms with Gasteiger partial charge >= 0.3 is 0 Å². The summed E-state index contributed by atoms with van der Waals surface area (Å²) in [4.78, 5) is 20.6. The van der Waals surface area contributed by atoms with Gasteiger partial charge in [0.1, 0.15) is 4.60 Å². The van der Waals surface area contributed by atoms with Gasteiger partial charge in [-0.25, -0.2) is 10.0 Å². The third-order valence-corrected chi connectivity index (χ3v) is 3.16. The van der Waals surface area contributed by atoms with Crippen molar-refractivity contribution in [1.82, 2.24) is 10.0 Å². The number of carbonyl (C=O) groups is 1. The van der Waals surface area contributed by atoms with Crippen molar-refractivity contribution in [3.05, 3.63) is 28.5 Å². The number of amides is 1. The smallest absolute Gasteiger partial charge is 0.245 e. The Morgan fingerprint density at radius 2 is 2.17 bits per heavy atom. The molecule has 0 bridgehead atoms. The van der Waals surface area contributed by atoms with Crippen LogP contribution in [0.1, 0.15) is 31.4 Å². The molecule has 1 heterocycles. The van der Waals surface area contributed by atoms with Crippen LogP contribution in [0.4, 0.5) is 0 Å². The summed E-state index contributed by atoms with van der Waals surface area (Å²) in [6.45, 7) is 0. The van der Waals surface area contributed by atoms with Crippen molar-refractivity contribution in [2.24, 2.45) is 0 Å². The van der Waals surface area contributed by atoms with Crippen molar-refractivity contribution in [2.75, 3.05) is 14.2 Å². The van der Waals surface area contributed by atoms with Gasteiger partial charge in [0, 0.05) is 19.2 Å². The first-order valence-corrected chi connectivity index (χ1v) is 6.85. The molecule has 0 aliphatic carbocycles. The highest BCUT2D eigenvalue weighted by molar-refractivity contribution is 9.10. The Balaban J connectivity index is 2.14. The number of nitrogens with zero attached hydrogens (tertiary/aromatic N) is 2. The van der Waals surface area contributed by atoms with E-state index in [1.54, 1.807) is 7.05 Å². The Bertz CT molecular complexity index is 385. The number of hydrogen-bond donors (Lipinski definition) is 0. The van der Waals surface area contributed by atoms with Crippen LogP contribution in [0.2, 0.25) is 0 Å². The van der Waals surface area contributed by atoms with Gasteiger partial charge in [-0.15, -0.1) is 0 Å². The van der Waals surface area contributed by atoms with E-state index in [-0.39, 0.29) is 5.91 Å². The molecule has 1 amide bonds. The molecule has 18 heavy (non-hydrogen) atoms. The minimum Gasteiger partial charge on any atom is -0.275 e. The molecule has 0 saturated heterocycles. The van der Waals surface area contributed by atoms with Gasteiger partial charge in [0.15, 0.2) is 0 Å². The Morgan fingerprint density at radius 1 is 1.39 bits per heavy atom. The zero-order valence-corrected chi connectivity index (χ0v) is 12.4. The number of hydrogen-bond acceptors (Lipinski definition) is 3. The van der Waals surface area contributed by atoms with Gasteiger partial charge in [-0.2, -0.15) is 0 Å². The highest BCUT2D eigenvalue weighted by Crippen LogP contribution is 2.10. The van der Waals surface area contributed by atoms with Crippen molar-refractivity contribution in [3.8, 4) is 0 Å². The molecule has 5 heteroatoms. The van der Waals surface area contributed by atoms with Gasteiger partial charge in [0.25, 0.3) is 0 Å². The maximum Gasteiger partial charge on any atom is 0.245 e. The number of aromatic nitrogens is 1. The number of carbonyl (C=O) groups excluding carboxylic acids is 1. The maximum atomic E-state index is 11.4. The third kappa shape index (κ3) is 5.60. The minimum absolute atomic E-state index is 0.0260. The quantitative estimate of drug-likeness (QED) is 0.441. The zero-order valence-electron chi connectivity index (χ0n) is 10.9. The molecule has 0 saturated carbocycles. The molecule has 0 N–H and O–H groups in total. The van der Waals surface area contributed by atoms with E-state index in [1.165, 1.54) is 12.2 Å². The summed E-state index contributed by atoms with van der Waals surface area (Å²) in [5.41, 5.74) is 1.09. The average molecular weight is 315 g/mol. The lowest BCUT2D eigenvalue weighted by molar-refractivity contribution is -0.168. The van der Waals surface area contributed by atoms with Crippen molar-refractivity contribution >= 4 is 21.8 Å². The summed E-state index contributed by atoms with van der Waals surface area (Å²) in [7, 11) is 3.13. The third-order valence-electron chi connectivity index (χ3n) is 2.72. The monoisotopic (exact) mass is 314 g/mol. The van der Waals surface area contributed by atoms with E-state index < -0.39 is 0 Å². The van der Waals surface area contributed by atoms with Crippen LogP contribution >= 0.6 is 15.9 Å². The van der Waals surface area contributed by atoms with Gasteiger partial charge in [-0.1, -0.05) is 12.5 Å². The summed E-state index contributed by atoms with van der Waals surface area (Å²) in [6, 6.07) is 5.93. The molecule has 1 aromatic heterocycles. The maximum absolute atomic E-state index is 11.4. The van der Waals surface area contributed by atoms with Gasteiger partial charge in [-0.05, 0) is 47.3 Å². The average Bonchev–Trinajstić information content (AvgIpc) is 2.37. The molecular formula is C13H19BrN2O2. The first-order chi connectivity index (χ1) is 8.63. The van der Waals surface area contributed by atoms with E-state index in [9.17, 15) is 4.79 Å². The molecule has 1 rings (SSSR count). The van der Waals surface area contributed by atoms with E-state index in [2.05, 4.69) is 20.9 Å². The number of rotatable bonds is 7. The molecule has 0 aliphatic rings. The molecule has 0 atom stereocenters. The second-order valence-corrected chi connectivity index (χ2v) is 4.90. The van der Waals surface area contributed by atoms with Gasteiger partial charge in [0.05, 0.1) is 7.11 Å². The highest BCUT2D eigenvalue weighted by Gasteiger charge is 2.06. The van der Waals surface area contributed by atoms with Crippen molar-refractivity contribution in [3.63, 3.8) is 0 Å². The molecule has 0 spiro atoms. The van der Waals surface area contributed by atoms with Crippen LogP contribution in [-0.2, 0) is 16.1 Å². The topological polar surface area (TPSA) is 42.4 Å². The predicted molar refractivity (Wildman–Crippen MR) is 73.9 cm³/mol. The molecule has 0 radical (unpaired) electrons. The molecule has 100 valence electrons. The Kier molecular flexibility index (Phi) is 6.90. The number of hydroxylamine groups is 2. The van der Waals surface area contributed by atoms with Crippen molar-refractivity contribution < 1.29 is 9.63 Å². The first-order valence-electron chi connectivity index (χ1n) is 6.05. The standard InChI is InChI=1S/C13H19BrN2O2/c1-16(18-2)13(17)10-5-3-4-7-11-8-6-9-12(14)15-11/h6,8-9H,3-5,7,10H2,1-2H3. The number of halogens is 1. The Labute approximate surface area is 116 Å². The second-order valence-electron chi connectivity index (χ2n) is 4.09. The van der Waals surface area contributed by atoms with E-state index in [0.717, 1.165) is 36.0 Å². The normalized spacial score (nSPS) is 10.4. The van der Waals surface area contributed by atoms with Crippen LogP contribution < -0.4 is 0 Å². The van der Waals surface area contributed by atoms with E-state index in [4.69, 9.17) is 4.84 Å². The number of pyridine rings is 1. The highest BCUT2D eigenvalue weighted by atomic mass is 79.9. The largest absolute Gasteiger partial charge is 0.275 e. The minimum atomic E-state index is 0.0260. The molecule has 4 nitrogen and oxygen atoms in total. The van der Waals surface area contributed by atoms with E-state index >= 15 is 0 Å². The predicted octanol–water partition coefficient (Wildman–Crippen LogP) is 2.97. The second kappa shape index (κ2) is 8.21. The Hall–Kier alpha value is -0.940. The van der Waals surface area contributed by atoms with E-state index in [0.29, 0.717) is 6.42 Å². The van der Waals surface area contributed by atoms with Gasteiger partial charge in [-0.3, -0.25) is 9.63 Å². The van der Waals surface area contributed by atoms with Crippen LogP contribution in [0.3, 0.4) is 0 Å². The van der Waals surface area contributed by atoms with Crippen LogP contribution in [0.25, 0.3) is 0 Å². The molecule has 0 aromatic carbocycles. The van der Waals surface area contributed by atoms with Gasteiger partial charge < -0.3 is 0 Å². The fourth-order valence-electron chi connectivity index (χ4n) is 1.61. The molecule has 0 aliphatic heterocycles. The summed E-state index contributed by atoms with van der Waals surface area (Å²) in [5, 5.41) is 1.27. The summed E-state index contributed by atoms with van der Waals surface area (Å²) in [6.07, 6.45) is 4.45. The molecule has 0 unspecified atom stereocenters. The molecular weight excluding hydrogens is 296 g/mol. The van der Waals surface area contributed by atoms with Crippen molar-refractivity contribution in [2.45, 2.75) is 32.1 Å². The van der Waals surface area contributed by atoms with Crippen molar-refractivity contribution in [1.29, 1.82) is 0 Å². The fraction of sp³-hybridized carbons (Fsp3) is 0.538. The van der Waals surface area contributed by atoms with Crippen LogP contribution in [0.5, 0.6) is 0 Å². The summed E-state index contributed by atoms with van der Waals surface area (Å²) < 4.78 is 0.872. The lowest BCUT2D eigenvalue weighted by atomic mass is 10.1. The van der Waals surface area contributed by atoms with E-state index in [1.807, 2.05) is 18.2 Å². The SMILES string of the molecule is CON(C)C(=O)CCCCCc1cccc(Br)n1. The fourth-order valence-corrected chi connectivity index (χ4v) is 1.99. The number of aryl methyl sites for hydroxylation is 1. The lowest BCUT2D eigenvalue weighted by Gasteiger charge is -2.12. The number of unbranched alkanes of at least 4 members (excludes halogenated alkanes) is 2. The first kappa shape index (κ1) is 15.1.